The molecule has 1 atom stereocenters. The maximum atomic E-state index is 9.17. The van der Waals surface area contributed by atoms with Crippen molar-refractivity contribution in [3.63, 3.8) is 0 Å². The molecule has 110 valence electrons. The first-order chi connectivity index (χ1) is 9.50. The molecule has 1 unspecified atom stereocenters. The van der Waals surface area contributed by atoms with Gasteiger partial charge in [0, 0.05) is 25.8 Å². The summed E-state index contributed by atoms with van der Waals surface area (Å²) in [6, 6.07) is 10.3. The fourth-order valence-corrected chi connectivity index (χ4v) is 2.04. The molecular weight excluding hydrogens is 250 g/mol. The number of rotatable bonds is 8. The quantitative estimate of drug-likeness (QED) is 0.741. The van der Waals surface area contributed by atoms with Crippen LogP contribution < -0.4 is 15.0 Å². The molecule has 0 saturated carbocycles. The molecule has 0 spiro atoms. The third-order valence-corrected chi connectivity index (χ3v) is 3.24. The molecule has 0 amide bonds. The van der Waals surface area contributed by atoms with Crippen molar-refractivity contribution in [3.8, 4) is 11.8 Å². The third-order valence-electron chi connectivity index (χ3n) is 3.24. The lowest BCUT2D eigenvalue weighted by Crippen LogP contribution is -2.40. The van der Waals surface area contributed by atoms with Crippen LogP contribution in [0.2, 0.25) is 0 Å². The lowest BCUT2D eigenvalue weighted by Gasteiger charge is -2.22. The predicted octanol–water partition coefficient (Wildman–Crippen LogP) is 2.80. The van der Waals surface area contributed by atoms with Crippen LogP contribution in [0.5, 0.6) is 5.75 Å². The number of nitrogens with one attached hydrogen (secondary N) is 1. The molecule has 1 aromatic rings. The van der Waals surface area contributed by atoms with Crippen molar-refractivity contribution in [2.45, 2.75) is 32.2 Å². The van der Waals surface area contributed by atoms with Crippen molar-refractivity contribution in [1.82, 2.24) is 5.32 Å². The largest absolute Gasteiger partial charge is 0.494 e. The summed E-state index contributed by atoms with van der Waals surface area (Å²) < 4.78 is 5.75. The van der Waals surface area contributed by atoms with Crippen LogP contribution in [-0.2, 0) is 0 Å². The van der Waals surface area contributed by atoms with Gasteiger partial charge in [-0.15, -0.1) is 0 Å². The number of nitrogens with zero attached hydrogens (tertiary/aromatic N) is 2. The van der Waals surface area contributed by atoms with Gasteiger partial charge in [0.2, 0.25) is 0 Å². The second kappa shape index (κ2) is 7.76. The number of anilines is 1. The van der Waals surface area contributed by atoms with Gasteiger partial charge in [-0.25, -0.2) is 0 Å². The average molecular weight is 275 g/mol. The van der Waals surface area contributed by atoms with E-state index in [0.29, 0.717) is 6.61 Å². The van der Waals surface area contributed by atoms with Crippen LogP contribution in [0, 0.1) is 11.3 Å². The highest BCUT2D eigenvalue weighted by Gasteiger charge is 2.21. The zero-order chi connectivity index (χ0) is 15.0. The van der Waals surface area contributed by atoms with E-state index in [0.717, 1.165) is 30.8 Å². The van der Waals surface area contributed by atoms with Gasteiger partial charge in [0.25, 0.3) is 0 Å². The van der Waals surface area contributed by atoms with Crippen LogP contribution >= 0.6 is 0 Å². The van der Waals surface area contributed by atoms with Gasteiger partial charge < -0.3 is 9.64 Å². The summed E-state index contributed by atoms with van der Waals surface area (Å²) in [7, 11) is 4.02. The minimum absolute atomic E-state index is 0.455. The van der Waals surface area contributed by atoms with Gasteiger partial charge in [-0.1, -0.05) is 13.0 Å². The topological polar surface area (TPSA) is 48.3 Å². The first kappa shape index (κ1) is 16.3. The van der Waals surface area contributed by atoms with Crippen LogP contribution in [0.15, 0.2) is 24.3 Å². The molecule has 0 bridgehead atoms. The lowest BCUT2D eigenvalue weighted by atomic mass is 9.98. The molecule has 1 rings (SSSR count). The van der Waals surface area contributed by atoms with Gasteiger partial charge in [0.1, 0.15) is 11.3 Å². The minimum atomic E-state index is -0.455. The first-order valence-electron chi connectivity index (χ1n) is 7.07. The summed E-state index contributed by atoms with van der Waals surface area (Å²) in [5.41, 5.74) is 0.667. The van der Waals surface area contributed by atoms with Gasteiger partial charge in [0.05, 0.1) is 12.7 Å². The van der Waals surface area contributed by atoms with E-state index in [2.05, 4.69) is 11.4 Å². The third kappa shape index (κ3) is 5.10. The Hall–Kier alpha value is -1.73. The van der Waals surface area contributed by atoms with Crippen LogP contribution in [0.3, 0.4) is 0 Å². The Balaban J connectivity index is 2.41. The van der Waals surface area contributed by atoms with E-state index in [1.807, 2.05) is 57.1 Å². The maximum absolute atomic E-state index is 9.17. The molecule has 0 heterocycles. The Morgan fingerprint density at radius 3 is 2.75 bits per heavy atom. The van der Waals surface area contributed by atoms with E-state index < -0.39 is 5.54 Å². The molecule has 0 aliphatic heterocycles. The number of hydrogen-bond donors (Lipinski definition) is 1. The zero-order valence-electron chi connectivity index (χ0n) is 12.9. The van der Waals surface area contributed by atoms with Crippen molar-refractivity contribution < 1.29 is 4.74 Å². The van der Waals surface area contributed by atoms with E-state index in [1.54, 1.807) is 0 Å². The van der Waals surface area contributed by atoms with Crippen LogP contribution in [0.25, 0.3) is 0 Å². The maximum Gasteiger partial charge on any atom is 0.121 e. The Morgan fingerprint density at radius 2 is 2.15 bits per heavy atom. The van der Waals surface area contributed by atoms with Gasteiger partial charge in [-0.2, -0.15) is 5.26 Å². The summed E-state index contributed by atoms with van der Waals surface area (Å²) in [6.07, 6.45) is 1.63. The van der Waals surface area contributed by atoms with Crippen LogP contribution in [0.4, 0.5) is 5.69 Å². The van der Waals surface area contributed by atoms with Crippen molar-refractivity contribution in [3.05, 3.63) is 24.3 Å². The molecule has 0 aliphatic carbocycles. The van der Waals surface area contributed by atoms with Crippen molar-refractivity contribution in [2.24, 2.45) is 0 Å². The highest BCUT2D eigenvalue weighted by molar-refractivity contribution is 5.49. The van der Waals surface area contributed by atoms with E-state index in [9.17, 15) is 5.26 Å². The normalized spacial score (nSPS) is 13.3. The SMILES string of the molecule is CCNC(C)(C#N)CCCOc1cccc(N(C)C)c1. The molecule has 0 aromatic heterocycles. The zero-order valence-corrected chi connectivity index (χ0v) is 12.9. The summed E-state index contributed by atoms with van der Waals surface area (Å²) in [6.45, 7) is 5.37. The Kier molecular flexibility index (Phi) is 6.33. The summed E-state index contributed by atoms with van der Waals surface area (Å²) in [4.78, 5) is 2.05. The van der Waals surface area contributed by atoms with Crippen LogP contribution in [-0.4, -0.2) is 32.8 Å². The molecule has 4 heteroatoms. The Labute approximate surface area is 122 Å². The molecule has 0 fully saturated rings. The van der Waals surface area contributed by atoms with Gasteiger partial charge >= 0.3 is 0 Å². The fourth-order valence-electron chi connectivity index (χ4n) is 2.04. The molecule has 1 aromatic carbocycles. The molecule has 0 radical (unpaired) electrons. The van der Waals surface area contributed by atoms with Gasteiger partial charge in [0.15, 0.2) is 0 Å². The van der Waals surface area contributed by atoms with Gasteiger partial charge in [-0.05, 0) is 38.4 Å². The van der Waals surface area contributed by atoms with E-state index >= 15 is 0 Å². The van der Waals surface area contributed by atoms with Crippen molar-refractivity contribution in [2.75, 3.05) is 32.1 Å². The molecule has 0 aliphatic rings. The lowest BCUT2D eigenvalue weighted by molar-refractivity contribution is 0.286. The highest BCUT2D eigenvalue weighted by atomic mass is 16.5. The minimum Gasteiger partial charge on any atom is -0.494 e. The number of nitriles is 1. The summed E-state index contributed by atoms with van der Waals surface area (Å²) in [5, 5.41) is 12.4. The monoisotopic (exact) mass is 275 g/mol. The fraction of sp³-hybridized carbons (Fsp3) is 0.562. The number of benzene rings is 1. The highest BCUT2D eigenvalue weighted by Crippen LogP contribution is 2.20. The summed E-state index contributed by atoms with van der Waals surface area (Å²) in [5.74, 6) is 0.873. The number of hydrogen-bond acceptors (Lipinski definition) is 4. The molecule has 4 nitrogen and oxygen atoms in total. The molecular formula is C16H25N3O. The second-order valence-corrected chi connectivity index (χ2v) is 5.32. The second-order valence-electron chi connectivity index (χ2n) is 5.32. The summed E-state index contributed by atoms with van der Waals surface area (Å²) >= 11 is 0. The predicted molar refractivity (Wildman–Crippen MR) is 83.2 cm³/mol. The Morgan fingerprint density at radius 1 is 1.40 bits per heavy atom. The average Bonchev–Trinajstić information content (AvgIpc) is 2.44. The molecule has 1 N–H and O–H groups in total. The smallest absolute Gasteiger partial charge is 0.121 e. The van der Waals surface area contributed by atoms with E-state index in [1.165, 1.54) is 0 Å². The Bertz CT molecular complexity index is 453. The first-order valence-corrected chi connectivity index (χ1v) is 7.07. The van der Waals surface area contributed by atoms with Crippen molar-refractivity contribution in [1.29, 1.82) is 5.26 Å². The van der Waals surface area contributed by atoms with Crippen molar-refractivity contribution >= 4 is 5.69 Å². The van der Waals surface area contributed by atoms with Gasteiger partial charge in [-0.3, -0.25) is 5.32 Å². The molecule has 20 heavy (non-hydrogen) atoms. The van der Waals surface area contributed by atoms with E-state index in [4.69, 9.17) is 4.74 Å². The number of ether oxygens (including phenoxy) is 1. The van der Waals surface area contributed by atoms with E-state index in [-0.39, 0.29) is 0 Å². The molecule has 0 saturated heterocycles. The standard InChI is InChI=1S/C16H25N3O/c1-5-18-16(2,13-17)10-7-11-20-15-9-6-8-14(12-15)19(3)4/h6,8-9,12,18H,5,7,10-11H2,1-4H3. The van der Waals surface area contributed by atoms with Crippen LogP contribution in [0.1, 0.15) is 26.7 Å².